The van der Waals surface area contributed by atoms with Crippen molar-refractivity contribution in [2.75, 3.05) is 0 Å². The second-order valence-corrected chi connectivity index (χ2v) is 4.82. The van der Waals surface area contributed by atoms with Crippen LogP contribution in [0.5, 0.6) is 11.5 Å². The quantitative estimate of drug-likeness (QED) is 0.303. The summed E-state index contributed by atoms with van der Waals surface area (Å²) in [6.45, 7) is 7.52. The molecule has 0 unspecified atom stereocenters. The maximum absolute atomic E-state index is 11.2. The van der Waals surface area contributed by atoms with Gasteiger partial charge in [-0.2, -0.15) is 0 Å². The molecule has 0 aliphatic carbocycles. The van der Waals surface area contributed by atoms with E-state index >= 15 is 0 Å². The van der Waals surface area contributed by atoms with E-state index in [1.165, 1.54) is 18.2 Å². The third-order valence-corrected chi connectivity index (χ3v) is 3.03. The van der Waals surface area contributed by atoms with Gasteiger partial charge in [0.1, 0.15) is 18.1 Å². The fourth-order valence-corrected chi connectivity index (χ4v) is 1.92. The Morgan fingerprint density at radius 2 is 1.96 bits per heavy atom. The Bertz CT molecular complexity index is 766. The van der Waals surface area contributed by atoms with Crippen LogP contribution < -0.4 is 9.47 Å². The van der Waals surface area contributed by atoms with Crippen LogP contribution in [-0.4, -0.2) is 4.92 Å². The van der Waals surface area contributed by atoms with E-state index in [-0.39, 0.29) is 18.0 Å². The molecule has 0 saturated carbocycles. The molecule has 0 spiro atoms. The van der Waals surface area contributed by atoms with Crippen LogP contribution in [0.25, 0.3) is 0 Å². The van der Waals surface area contributed by atoms with Crippen molar-refractivity contribution in [3.05, 3.63) is 101 Å². The summed E-state index contributed by atoms with van der Waals surface area (Å²) < 4.78 is 11.1. The zero-order valence-corrected chi connectivity index (χ0v) is 13.1. The number of nitro groups is 1. The van der Waals surface area contributed by atoms with Gasteiger partial charge >= 0.3 is 5.69 Å². The van der Waals surface area contributed by atoms with Gasteiger partial charge in [0.2, 0.25) is 5.75 Å². The molecule has 122 valence electrons. The number of hydrogen-bond acceptors (Lipinski definition) is 4. The van der Waals surface area contributed by atoms with Gasteiger partial charge in [0, 0.05) is 12.1 Å². The van der Waals surface area contributed by atoms with Gasteiger partial charge in [0.15, 0.2) is 0 Å². The second kappa shape index (κ2) is 8.33. The maximum Gasteiger partial charge on any atom is 0.311 e. The minimum Gasteiger partial charge on any atom is -0.482 e. The van der Waals surface area contributed by atoms with Crippen molar-refractivity contribution in [1.82, 2.24) is 0 Å². The van der Waals surface area contributed by atoms with Crippen molar-refractivity contribution in [2.24, 2.45) is 0 Å². The smallest absolute Gasteiger partial charge is 0.311 e. The van der Waals surface area contributed by atoms with Gasteiger partial charge in [-0.3, -0.25) is 10.1 Å². The van der Waals surface area contributed by atoms with Crippen LogP contribution in [0.4, 0.5) is 5.69 Å². The molecule has 0 aliphatic heterocycles. The minimum atomic E-state index is -0.490. The molecule has 24 heavy (non-hydrogen) atoms. The molecule has 2 aromatic carbocycles. The summed E-state index contributed by atoms with van der Waals surface area (Å²) in [5.41, 5.74) is 0.793. The first-order valence-electron chi connectivity index (χ1n) is 7.21. The van der Waals surface area contributed by atoms with Crippen LogP contribution in [0, 0.1) is 10.1 Å². The molecule has 0 heterocycles. The van der Waals surface area contributed by atoms with Gasteiger partial charge in [0.25, 0.3) is 0 Å². The van der Waals surface area contributed by atoms with Crippen molar-refractivity contribution >= 4 is 5.69 Å². The van der Waals surface area contributed by atoms with Crippen LogP contribution in [0.1, 0.15) is 5.56 Å². The molecule has 0 N–H and O–H groups in total. The lowest BCUT2D eigenvalue weighted by molar-refractivity contribution is -0.386. The Morgan fingerprint density at radius 3 is 2.62 bits per heavy atom. The first kappa shape index (κ1) is 17.0. The van der Waals surface area contributed by atoms with Crippen molar-refractivity contribution in [2.45, 2.75) is 6.61 Å². The Labute approximate surface area is 140 Å². The molecular formula is C19H17NO4. The normalized spacial score (nSPS) is 10.3. The molecule has 0 aliphatic rings. The van der Waals surface area contributed by atoms with E-state index < -0.39 is 4.92 Å². The number of rotatable bonds is 8. The third-order valence-electron chi connectivity index (χ3n) is 3.03. The number of hydrogen-bond donors (Lipinski definition) is 0. The standard InChI is InChI=1S/C19H17NO4/c1-3-4-8-15(2)24-17-11-12-18(20(21)22)19(13-17)23-14-16-9-6-5-7-10-16/h3-13H,1-2,14H2/b8-4-. The summed E-state index contributed by atoms with van der Waals surface area (Å²) in [5.74, 6) is 0.932. The van der Waals surface area contributed by atoms with Gasteiger partial charge in [-0.25, -0.2) is 0 Å². The first-order chi connectivity index (χ1) is 11.6. The van der Waals surface area contributed by atoms with Crippen molar-refractivity contribution in [1.29, 1.82) is 0 Å². The lowest BCUT2D eigenvalue weighted by atomic mass is 10.2. The van der Waals surface area contributed by atoms with E-state index in [2.05, 4.69) is 13.2 Å². The van der Waals surface area contributed by atoms with E-state index in [4.69, 9.17) is 9.47 Å². The van der Waals surface area contributed by atoms with Crippen LogP contribution in [0.2, 0.25) is 0 Å². The highest BCUT2D eigenvalue weighted by molar-refractivity contribution is 5.51. The van der Waals surface area contributed by atoms with Crippen molar-refractivity contribution < 1.29 is 14.4 Å². The van der Waals surface area contributed by atoms with Gasteiger partial charge < -0.3 is 9.47 Å². The van der Waals surface area contributed by atoms with Crippen molar-refractivity contribution in [3.8, 4) is 11.5 Å². The lowest BCUT2D eigenvalue weighted by Gasteiger charge is -2.10. The molecule has 0 fully saturated rings. The summed E-state index contributed by atoms with van der Waals surface area (Å²) >= 11 is 0. The van der Waals surface area contributed by atoms with Crippen LogP contribution in [0.3, 0.4) is 0 Å². The number of allylic oxidation sites excluding steroid dienone is 3. The summed E-state index contributed by atoms with van der Waals surface area (Å²) in [6, 6.07) is 13.7. The maximum atomic E-state index is 11.2. The van der Waals surface area contributed by atoms with Gasteiger partial charge in [-0.15, -0.1) is 0 Å². The number of nitro benzene ring substituents is 1. The number of ether oxygens (including phenoxy) is 2. The fraction of sp³-hybridized carbons (Fsp3) is 0.0526. The SMILES string of the molecule is C=C/C=C\C(=C)Oc1ccc([N+](=O)[O-])c(OCc2ccccc2)c1. The summed E-state index contributed by atoms with van der Waals surface area (Å²) in [6.07, 6.45) is 4.91. The Hall–Kier alpha value is -3.34. The summed E-state index contributed by atoms with van der Waals surface area (Å²) in [5, 5.41) is 11.2. The lowest BCUT2D eigenvalue weighted by Crippen LogP contribution is -2.00. The fourth-order valence-electron chi connectivity index (χ4n) is 1.92. The summed E-state index contributed by atoms with van der Waals surface area (Å²) in [4.78, 5) is 10.7. The van der Waals surface area contributed by atoms with Crippen LogP contribution in [-0.2, 0) is 6.61 Å². The van der Waals surface area contributed by atoms with Crippen molar-refractivity contribution in [3.63, 3.8) is 0 Å². The molecule has 5 nitrogen and oxygen atoms in total. The van der Waals surface area contributed by atoms with E-state index in [1.54, 1.807) is 18.2 Å². The van der Waals surface area contributed by atoms with E-state index in [1.807, 2.05) is 30.3 Å². The zero-order chi connectivity index (χ0) is 17.4. The molecule has 5 heteroatoms. The zero-order valence-electron chi connectivity index (χ0n) is 13.1. The highest BCUT2D eigenvalue weighted by Crippen LogP contribution is 2.32. The molecule has 0 bridgehead atoms. The Kier molecular flexibility index (Phi) is 5.91. The minimum absolute atomic E-state index is 0.120. The molecular weight excluding hydrogens is 306 g/mol. The summed E-state index contributed by atoms with van der Waals surface area (Å²) in [7, 11) is 0. The predicted molar refractivity (Wildman–Crippen MR) is 93.0 cm³/mol. The molecule has 0 aromatic heterocycles. The molecule has 0 atom stereocenters. The van der Waals surface area contributed by atoms with E-state index in [0.29, 0.717) is 11.5 Å². The molecule has 0 saturated heterocycles. The molecule has 0 radical (unpaired) electrons. The molecule has 0 amide bonds. The van der Waals surface area contributed by atoms with Crippen LogP contribution >= 0.6 is 0 Å². The highest BCUT2D eigenvalue weighted by Gasteiger charge is 2.16. The largest absolute Gasteiger partial charge is 0.482 e. The average molecular weight is 323 g/mol. The predicted octanol–water partition coefficient (Wildman–Crippen LogP) is 4.81. The first-order valence-corrected chi connectivity index (χ1v) is 7.21. The third kappa shape index (κ3) is 4.84. The highest BCUT2D eigenvalue weighted by atomic mass is 16.6. The number of benzene rings is 2. The van der Waals surface area contributed by atoms with E-state index in [9.17, 15) is 10.1 Å². The average Bonchev–Trinajstić information content (AvgIpc) is 2.59. The molecule has 2 aromatic rings. The van der Waals surface area contributed by atoms with Gasteiger partial charge in [0.05, 0.1) is 4.92 Å². The number of nitrogens with zero attached hydrogens (tertiary/aromatic N) is 1. The molecule has 2 rings (SSSR count). The topological polar surface area (TPSA) is 61.6 Å². The van der Waals surface area contributed by atoms with Crippen LogP contribution in [0.15, 0.2) is 85.7 Å². The van der Waals surface area contributed by atoms with E-state index in [0.717, 1.165) is 5.56 Å². The van der Waals surface area contributed by atoms with Gasteiger partial charge in [-0.05, 0) is 17.7 Å². The Morgan fingerprint density at radius 1 is 1.21 bits per heavy atom. The monoisotopic (exact) mass is 323 g/mol. The Balaban J connectivity index is 2.18. The second-order valence-electron chi connectivity index (χ2n) is 4.82. The van der Waals surface area contributed by atoms with Gasteiger partial charge in [-0.1, -0.05) is 55.6 Å².